The Balaban J connectivity index is 2.47. The highest BCUT2D eigenvalue weighted by Crippen LogP contribution is 2.24. The molecule has 0 aliphatic heterocycles. The zero-order valence-corrected chi connectivity index (χ0v) is 22.1. The van der Waals surface area contributed by atoms with E-state index in [1.165, 1.54) is 37.2 Å². The first-order valence-electron chi connectivity index (χ1n) is 11.2. The summed E-state index contributed by atoms with van der Waals surface area (Å²) in [7, 11) is -1.65. The Morgan fingerprint density at radius 3 is 2.31 bits per heavy atom. The van der Waals surface area contributed by atoms with E-state index < -0.39 is 34.5 Å². The summed E-state index contributed by atoms with van der Waals surface area (Å²) >= 11 is 6.10. The Hall–Kier alpha value is -2.69. The maximum Gasteiger partial charge on any atom is 0.304 e. The van der Waals surface area contributed by atoms with Gasteiger partial charge in [-0.25, -0.2) is 8.70 Å². The molecule has 0 aliphatic rings. The van der Waals surface area contributed by atoms with E-state index in [0.717, 1.165) is 10.4 Å². The molecule has 0 heterocycles. The van der Waals surface area contributed by atoms with Gasteiger partial charge in [0.1, 0.15) is 18.4 Å². The topological polar surface area (TPSA) is 90.0 Å². The predicted octanol–water partition coefficient (Wildman–Crippen LogP) is 3.42. The number of nitrogens with one attached hydrogen (secondary N) is 1. The van der Waals surface area contributed by atoms with Gasteiger partial charge in [0, 0.05) is 31.7 Å². The average molecular weight is 527 g/mol. The summed E-state index contributed by atoms with van der Waals surface area (Å²) in [6.45, 7) is 4.62. The Morgan fingerprint density at radius 1 is 1.09 bits per heavy atom. The molecule has 0 bridgehead atoms. The molecule has 192 valence electrons. The van der Waals surface area contributed by atoms with Crippen LogP contribution in [0.1, 0.15) is 32.8 Å². The Morgan fingerprint density at radius 2 is 1.74 bits per heavy atom. The lowest BCUT2D eigenvalue weighted by Crippen LogP contribution is -2.53. The molecule has 0 saturated heterocycles. The fourth-order valence-corrected chi connectivity index (χ4v) is 4.51. The van der Waals surface area contributed by atoms with Crippen molar-refractivity contribution in [3.05, 3.63) is 64.9 Å². The van der Waals surface area contributed by atoms with Crippen LogP contribution in [0.3, 0.4) is 0 Å². The van der Waals surface area contributed by atoms with Gasteiger partial charge in [-0.2, -0.15) is 12.7 Å². The minimum Gasteiger partial charge on any atom is -0.352 e. The fraction of sp³-hybridized carbons (Fsp3) is 0.417. The molecule has 0 saturated carbocycles. The molecule has 2 rings (SSSR count). The van der Waals surface area contributed by atoms with Crippen molar-refractivity contribution in [3.8, 4) is 0 Å². The Kier molecular flexibility index (Phi) is 10.1. The van der Waals surface area contributed by atoms with Crippen molar-refractivity contribution in [1.29, 1.82) is 0 Å². The van der Waals surface area contributed by atoms with E-state index in [1.807, 2.05) is 13.8 Å². The molecule has 1 N–H and O–H groups in total. The van der Waals surface area contributed by atoms with Crippen molar-refractivity contribution in [2.75, 3.05) is 24.9 Å². The third-order valence-electron chi connectivity index (χ3n) is 5.55. The molecule has 2 atom stereocenters. The second-order valence-electron chi connectivity index (χ2n) is 8.39. The first-order valence-corrected chi connectivity index (χ1v) is 12.9. The molecule has 0 radical (unpaired) electrons. The number of para-hydroxylation sites is 1. The van der Waals surface area contributed by atoms with Crippen LogP contribution in [0, 0.1) is 5.82 Å². The maximum absolute atomic E-state index is 14.6. The molecule has 2 aromatic carbocycles. The van der Waals surface area contributed by atoms with E-state index in [9.17, 15) is 22.4 Å². The van der Waals surface area contributed by atoms with Crippen molar-refractivity contribution < 1.29 is 22.4 Å². The second-order valence-corrected chi connectivity index (χ2v) is 10.9. The lowest BCUT2D eigenvalue weighted by Gasteiger charge is -2.33. The number of anilines is 1. The lowest BCUT2D eigenvalue weighted by atomic mass is 10.1. The number of hydrogen-bond donors (Lipinski definition) is 1. The zero-order valence-electron chi connectivity index (χ0n) is 20.5. The molecule has 0 aliphatic carbocycles. The Labute approximate surface area is 211 Å². The summed E-state index contributed by atoms with van der Waals surface area (Å²) in [5, 5.41) is 3.30. The third kappa shape index (κ3) is 7.39. The van der Waals surface area contributed by atoms with Crippen molar-refractivity contribution in [2.45, 2.75) is 45.8 Å². The summed E-state index contributed by atoms with van der Waals surface area (Å²) in [5.74, 6) is -1.86. The molecule has 2 amide bonds. The number of halogens is 2. The van der Waals surface area contributed by atoms with E-state index >= 15 is 0 Å². The van der Waals surface area contributed by atoms with Gasteiger partial charge < -0.3 is 10.2 Å². The number of benzene rings is 2. The molecule has 0 unspecified atom stereocenters. The van der Waals surface area contributed by atoms with Crippen LogP contribution in [-0.4, -0.2) is 62.2 Å². The van der Waals surface area contributed by atoms with Gasteiger partial charge in [0.05, 0.1) is 5.69 Å². The van der Waals surface area contributed by atoms with Crippen LogP contribution in [-0.2, 0) is 26.3 Å². The van der Waals surface area contributed by atoms with E-state index in [2.05, 4.69) is 5.32 Å². The summed E-state index contributed by atoms with van der Waals surface area (Å²) in [6, 6.07) is 11.1. The van der Waals surface area contributed by atoms with Gasteiger partial charge in [0.2, 0.25) is 11.8 Å². The van der Waals surface area contributed by atoms with Crippen LogP contribution < -0.4 is 9.62 Å². The standard InChI is InChI=1S/C24H32ClFN4O4S/c1-6-17(2)27-24(32)18(3)29(15-19-10-9-11-20(25)14-19)23(31)16-30(35(33,34)28(4)5)22-13-8-7-12-21(22)26/h7-14,17-18H,6,15-16H2,1-5H3,(H,27,32)/t17-,18-/m1/s1. The van der Waals surface area contributed by atoms with Crippen molar-refractivity contribution >= 4 is 39.3 Å². The van der Waals surface area contributed by atoms with Gasteiger partial charge in [-0.15, -0.1) is 0 Å². The van der Waals surface area contributed by atoms with E-state index in [0.29, 0.717) is 21.3 Å². The summed E-state index contributed by atoms with van der Waals surface area (Å²) in [4.78, 5) is 27.7. The van der Waals surface area contributed by atoms with Crippen LogP contribution in [0.15, 0.2) is 48.5 Å². The van der Waals surface area contributed by atoms with Crippen LogP contribution in [0.4, 0.5) is 10.1 Å². The van der Waals surface area contributed by atoms with Crippen molar-refractivity contribution in [1.82, 2.24) is 14.5 Å². The SMILES string of the molecule is CC[C@@H](C)NC(=O)[C@@H](C)N(Cc1cccc(Cl)c1)C(=O)CN(c1ccccc1F)S(=O)(=O)N(C)C. The molecular formula is C24H32ClFN4O4S. The van der Waals surface area contributed by atoms with Gasteiger partial charge in [-0.05, 0) is 50.1 Å². The number of rotatable bonds is 11. The summed E-state index contributed by atoms with van der Waals surface area (Å²) in [5.41, 5.74) is 0.385. The molecule has 0 aromatic heterocycles. The maximum atomic E-state index is 14.6. The largest absolute Gasteiger partial charge is 0.352 e. The first-order chi connectivity index (χ1) is 16.4. The van der Waals surface area contributed by atoms with E-state index in [1.54, 1.807) is 31.2 Å². The van der Waals surface area contributed by atoms with Gasteiger partial charge >= 0.3 is 10.2 Å². The van der Waals surface area contributed by atoms with E-state index in [4.69, 9.17) is 11.6 Å². The van der Waals surface area contributed by atoms with E-state index in [-0.39, 0.29) is 24.2 Å². The van der Waals surface area contributed by atoms with Gasteiger partial charge in [0.25, 0.3) is 0 Å². The summed E-state index contributed by atoms with van der Waals surface area (Å²) in [6.07, 6.45) is 0.697. The van der Waals surface area contributed by atoms with Gasteiger partial charge in [-0.1, -0.05) is 42.8 Å². The molecule has 8 nitrogen and oxygen atoms in total. The molecule has 0 spiro atoms. The van der Waals surface area contributed by atoms with Crippen LogP contribution in [0.5, 0.6) is 0 Å². The zero-order chi connectivity index (χ0) is 26.3. The minimum absolute atomic E-state index is 0.00160. The molecule has 11 heteroatoms. The number of amides is 2. The monoisotopic (exact) mass is 526 g/mol. The molecule has 35 heavy (non-hydrogen) atoms. The van der Waals surface area contributed by atoms with Crippen LogP contribution in [0.2, 0.25) is 5.02 Å². The number of hydrogen-bond acceptors (Lipinski definition) is 4. The highest BCUT2D eigenvalue weighted by atomic mass is 35.5. The second kappa shape index (κ2) is 12.3. The first kappa shape index (κ1) is 28.5. The van der Waals surface area contributed by atoms with Crippen molar-refractivity contribution in [2.24, 2.45) is 0 Å². The minimum atomic E-state index is -4.23. The number of nitrogens with zero attached hydrogens (tertiary/aromatic N) is 3. The van der Waals surface area contributed by atoms with Crippen LogP contribution in [0.25, 0.3) is 0 Å². The Bertz CT molecular complexity index is 1150. The van der Waals surface area contributed by atoms with Crippen LogP contribution >= 0.6 is 11.6 Å². The smallest absolute Gasteiger partial charge is 0.304 e. The average Bonchev–Trinajstić information content (AvgIpc) is 2.80. The quantitative estimate of drug-likeness (QED) is 0.486. The summed E-state index contributed by atoms with van der Waals surface area (Å²) < 4.78 is 42.3. The molecule has 2 aromatic rings. The molecule has 0 fully saturated rings. The van der Waals surface area contributed by atoms with Crippen molar-refractivity contribution in [3.63, 3.8) is 0 Å². The van der Waals surface area contributed by atoms with Gasteiger partial charge in [0.15, 0.2) is 0 Å². The molecular weight excluding hydrogens is 495 g/mol. The number of carbonyl (C=O) groups excluding carboxylic acids is 2. The number of carbonyl (C=O) groups is 2. The highest BCUT2D eigenvalue weighted by molar-refractivity contribution is 7.90. The fourth-order valence-electron chi connectivity index (χ4n) is 3.24. The third-order valence-corrected chi connectivity index (χ3v) is 7.59. The normalized spacial score (nSPS) is 13.3. The van der Waals surface area contributed by atoms with Gasteiger partial charge in [-0.3, -0.25) is 9.59 Å². The predicted molar refractivity (Wildman–Crippen MR) is 136 cm³/mol. The highest BCUT2D eigenvalue weighted by Gasteiger charge is 2.33. The lowest BCUT2D eigenvalue weighted by molar-refractivity contribution is -0.139.